The molecule has 0 saturated carbocycles. The Kier molecular flexibility index (Phi) is 5.30. The summed E-state index contributed by atoms with van der Waals surface area (Å²) in [6.07, 6.45) is 3.20. The van der Waals surface area contributed by atoms with E-state index in [9.17, 15) is 14.4 Å². The molecule has 120 valence electrons. The van der Waals surface area contributed by atoms with Gasteiger partial charge in [-0.1, -0.05) is 6.92 Å². The molecule has 1 aromatic rings. The van der Waals surface area contributed by atoms with Gasteiger partial charge < -0.3 is 10.2 Å². The number of rotatable bonds is 4. The third-order valence-electron chi connectivity index (χ3n) is 3.83. The van der Waals surface area contributed by atoms with Gasteiger partial charge in [0.25, 0.3) is 11.5 Å². The van der Waals surface area contributed by atoms with E-state index in [-0.39, 0.29) is 23.1 Å². The van der Waals surface area contributed by atoms with Crippen molar-refractivity contribution in [3.63, 3.8) is 0 Å². The second kappa shape index (κ2) is 7.20. The Morgan fingerprint density at radius 2 is 2.14 bits per heavy atom. The molecule has 0 aliphatic carbocycles. The largest absolute Gasteiger partial charge is 0.357 e. The first-order chi connectivity index (χ1) is 10.6. The molecule has 1 atom stereocenters. The molecule has 0 spiro atoms. The van der Waals surface area contributed by atoms with Crippen LogP contribution in [0.25, 0.3) is 0 Å². The van der Waals surface area contributed by atoms with E-state index in [0.29, 0.717) is 19.5 Å². The van der Waals surface area contributed by atoms with Crippen molar-refractivity contribution in [3.8, 4) is 0 Å². The first kappa shape index (κ1) is 16.2. The van der Waals surface area contributed by atoms with Gasteiger partial charge in [0.05, 0.1) is 0 Å². The lowest BCUT2D eigenvalue weighted by Gasteiger charge is -2.34. The van der Waals surface area contributed by atoms with Crippen LogP contribution in [0.1, 0.15) is 43.1 Å². The number of carbonyl (C=O) groups is 2. The number of aryl methyl sites for hydroxylation is 1. The van der Waals surface area contributed by atoms with Gasteiger partial charge in [0.2, 0.25) is 5.91 Å². The zero-order valence-corrected chi connectivity index (χ0v) is 13.0. The van der Waals surface area contributed by atoms with Crippen LogP contribution in [-0.2, 0) is 11.3 Å². The monoisotopic (exact) mass is 306 g/mol. The van der Waals surface area contributed by atoms with Crippen LogP contribution in [0.15, 0.2) is 16.9 Å². The second-order valence-corrected chi connectivity index (χ2v) is 5.40. The SMILES string of the molecule is CCCn1nc(C(=O)N2CCCCC2C(=O)NC)ccc1=O. The molecule has 1 aromatic heterocycles. The molecule has 7 heteroatoms. The maximum atomic E-state index is 12.7. The summed E-state index contributed by atoms with van der Waals surface area (Å²) in [7, 11) is 1.57. The van der Waals surface area contributed by atoms with E-state index in [0.717, 1.165) is 19.3 Å². The molecule has 2 amide bonds. The number of likely N-dealkylation sites (tertiary alicyclic amines) is 1. The summed E-state index contributed by atoms with van der Waals surface area (Å²) in [5, 5.41) is 6.74. The number of piperidine rings is 1. The van der Waals surface area contributed by atoms with E-state index in [1.54, 1.807) is 11.9 Å². The van der Waals surface area contributed by atoms with Crippen LogP contribution in [0.4, 0.5) is 0 Å². The highest BCUT2D eigenvalue weighted by Gasteiger charge is 2.32. The summed E-state index contributed by atoms with van der Waals surface area (Å²) in [6.45, 7) is 2.94. The van der Waals surface area contributed by atoms with Crippen molar-refractivity contribution < 1.29 is 9.59 Å². The van der Waals surface area contributed by atoms with Gasteiger partial charge in [0.1, 0.15) is 11.7 Å². The number of amides is 2. The standard InChI is InChI=1S/C15H22N4O3/c1-3-9-19-13(20)8-7-11(17-19)15(22)18-10-5-4-6-12(18)14(21)16-2/h7-8,12H,3-6,9-10H2,1-2H3,(H,16,21). The van der Waals surface area contributed by atoms with Gasteiger partial charge in [0.15, 0.2) is 0 Å². The molecule has 1 saturated heterocycles. The average molecular weight is 306 g/mol. The maximum absolute atomic E-state index is 12.7. The second-order valence-electron chi connectivity index (χ2n) is 5.40. The highest BCUT2D eigenvalue weighted by atomic mass is 16.2. The van der Waals surface area contributed by atoms with E-state index >= 15 is 0 Å². The lowest BCUT2D eigenvalue weighted by Crippen LogP contribution is -2.51. The lowest BCUT2D eigenvalue weighted by atomic mass is 10.0. The van der Waals surface area contributed by atoms with Gasteiger partial charge in [-0.2, -0.15) is 5.10 Å². The Hall–Kier alpha value is -2.18. The molecule has 1 N–H and O–H groups in total. The van der Waals surface area contributed by atoms with E-state index < -0.39 is 6.04 Å². The van der Waals surface area contributed by atoms with Crippen molar-refractivity contribution in [1.29, 1.82) is 0 Å². The van der Waals surface area contributed by atoms with Crippen LogP contribution in [0, 0.1) is 0 Å². The fourth-order valence-electron chi connectivity index (χ4n) is 2.70. The number of likely N-dealkylation sites (N-methyl/N-ethyl adjacent to an activating group) is 1. The van der Waals surface area contributed by atoms with Crippen molar-refractivity contribution in [2.75, 3.05) is 13.6 Å². The fraction of sp³-hybridized carbons (Fsp3) is 0.600. The number of hydrogen-bond acceptors (Lipinski definition) is 4. The van der Waals surface area contributed by atoms with E-state index in [1.807, 2.05) is 6.92 Å². The Morgan fingerprint density at radius 3 is 2.82 bits per heavy atom. The molecule has 2 rings (SSSR count). The predicted molar refractivity (Wildman–Crippen MR) is 81.5 cm³/mol. The number of carbonyl (C=O) groups excluding carboxylic acids is 2. The summed E-state index contributed by atoms with van der Waals surface area (Å²) < 4.78 is 1.30. The molecule has 7 nitrogen and oxygen atoms in total. The highest BCUT2D eigenvalue weighted by molar-refractivity contribution is 5.96. The van der Waals surface area contributed by atoms with Crippen molar-refractivity contribution in [3.05, 3.63) is 28.2 Å². The Labute approximate surface area is 129 Å². The van der Waals surface area contributed by atoms with Crippen LogP contribution >= 0.6 is 0 Å². The zero-order valence-electron chi connectivity index (χ0n) is 13.0. The summed E-state index contributed by atoms with van der Waals surface area (Å²) in [4.78, 5) is 37.9. The zero-order chi connectivity index (χ0) is 16.1. The summed E-state index contributed by atoms with van der Waals surface area (Å²) >= 11 is 0. The summed E-state index contributed by atoms with van der Waals surface area (Å²) in [5.74, 6) is -0.451. The van der Waals surface area contributed by atoms with Crippen LogP contribution in [0.2, 0.25) is 0 Å². The molecular weight excluding hydrogens is 284 g/mol. The minimum absolute atomic E-state index is 0.157. The van der Waals surface area contributed by atoms with Gasteiger partial charge in [-0.05, 0) is 31.7 Å². The van der Waals surface area contributed by atoms with Crippen LogP contribution in [-0.4, -0.2) is 46.1 Å². The summed E-state index contributed by atoms with van der Waals surface area (Å²) in [5.41, 5.74) is -0.0104. The molecule has 0 aromatic carbocycles. The minimum Gasteiger partial charge on any atom is -0.357 e. The Balaban J connectivity index is 2.27. The van der Waals surface area contributed by atoms with Crippen LogP contribution in [0.3, 0.4) is 0 Å². The molecular formula is C15H22N4O3. The minimum atomic E-state index is -0.459. The van der Waals surface area contributed by atoms with Gasteiger partial charge in [-0.15, -0.1) is 0 Å². The number of hydrogen-bond donors (Lipinski definition) is 1. The molecule has 0 radical (unpaired) electrons. The number of nitrogens with one attached hydrogen (secondary N) is 1. The van der Waals surface area contributed by atoms with E-state index in [2.05, 4.69) is 10.4 Å². The van der Waals surface area contributed by atoms with Crippen molar-refractivity contribution in [2.24, 2.45) is 0 Å². The van der Waals surface area contributed by atoms with Gasteiger partial charge in [-0.3, -0.25) is 14.4 Å². The maximum Gasteiger partial charge on any atom is 0.274 e. The predicted octanol–water partition coefficient (Wildman–Crippen LogP) is 0.394. The van der Waals surface area contributed by atoms with Crippen molar-refractivity contribution >= 4 is 11.8 Å². The topological polar surface area (TPSA) is 84.3 Å². The molecule has 1 aliphatic heterocycles. The molecule has 2 heterocycles. The smallest absolute Gasteiger partial charge is 0.274 e. The van der Waals surface area contributed by atoms with E-state index in [4.69, 9.17) is 0 Å². The molecule has 22 heavy (non-hydrogen) atoms. The third-order valence-corrected chi connectivity index (χ3v) is 3.83. The van der Waals surface area contributed by atoms with Crippen molar-refractivity contribution in [1.82, 2.24) is 20.0 Å². The van der Waals surface area contributed by atoms with Crippen LogP contribution < -0.4 is 10.9 Å². The Bertz CT molecular complexity index is 611. The van der Waals surface area contributed by atoms with Gasteiger partial charge >= 0.3 is 0 Å². The van der Waals surface area contributed by atoms with Crippen molar-refractivity contribution in [2.45, 2.75) is 45.2 Å². The Morgan fingerprint density at radius 1 is 1.36 bits per heavy atom. The lowest BCUT2D eigenvalue weighted by molar-refractivity contribution is -0.126. The quantitative estimate of drug-likeness (QED) is 0.872. The van der Waals surface area contributed by atoms with Gasteiger partial charge in [-0.25, -0.2) is 4.68 Å². The molecule has 1 fully saturated rings. The molecule has 1 aliphatic rings. The first-order valence-electron chi connectivity index (χ1n) is 7.69. The highest BCUT2D eigenvalue weighted by Crippen LogP contribution is 2.19. The molecule has 0 bridgehead atoms. The average Bonchev–Trinajstić information content (AvgIpc) is 2.55. The first-order valence-corrected chi connectivity index (χ1v) is 7.69. The van der Waals surface area contributed by atoms with E-state index in [1.165, 1.54) is 16.8 Å². The van der Waals surface area contributed by atoms with Gasteiger partial charge in [0, 0.05) is 26.2 Å². The molecule has 1 unspecified atom stereocenters. The fourth-order valence-corrected chi connectivity index (χ4v) is 2.70. The van der Waals surface area contributed by atoms with Crippen LogP contribution in [0.5, 0.6) is 0 Å². The number of nitrogens with zero attached hydrogens (tertiary/aromatic N) is 3. The third kappa shape index (κ3) is 3.35. The summed E-state index contributed by atoms with van der Waals surface area (Å²) in [6, 6.07) is 2.33. The number of aromatic nitrogens is 2. The normalized spacial score (nSPS) is 18.1.